The number of hydrogen-bond donors (Lipinski definition) is 1. The molecule has 0 aromatic heterocycles. The molecule has 3 fully saturated rings. The van der Waals surface area contributed by atoms with E-state index < -0.39 is 0 Å². The summed E-state index contributed by atoms with van der Waals surface area (Å²) in [5.74, 6) is -0.0953. The number of carbonyl (C=O) groups is 1. The molecule has 33 heavy (non-hydrogen) atoms. The van der Waals surface area contributed by atoms with Gasteiger partial charge in [-0.25, -0.2) is 4.39 Å². The summed E-state index contributed by atoms with van der Waals surface area (Å²) in [5, 5.41) is 10.5. The zero-order valence-electron chi connectivity index (χ0n) is 18.4. The highest BCUT2D eigenvalue weighted by molar-refractivity contribution is 6.36. The monoisotopic (exact) mass is 491 g/mol. The first-order valence-corrected chi connectivity index (χ1v) is 12.4. The lowest BCUT2D eigenvalue weighted by Gasteiger charge is -2.46. The van der Waals surface area contributed by atoms with Gasteiger partial charge in [-0.05, 0) is 55.0 Å². The molecule has 2 aromatic carbocycles. The van der Waals surface area contributed by atoms with Gasteiger partial charge in [-0.15, -0.1) is 0 Å². The van der Waals surface area contributed by atoms with Crippen LogP contribution in [0, 0.1) is 5.82 Å². The third kappa shape index (κ3) is 4.59. The molecule has 5 rings (SSSR count). The Bertz CT molecular complexity index is 1050. The fourth-order valence-electron chi connectivity index (χ4n) is 5.46. The smallest absolute Gasteiger partial charge is 0.255 e. The molecule has 3 aliphatic rings. The highest BCUT2D eigenvalue weighted by Gasteiger charge is 2.36. The van der Waals surface area contributed by atoms with Crippen LogP contribution in [-0.2, 0) is 0 Å². The van der Waals surface area contributed by atoms with Crippen molar-refractivity contribution >= 4 is 34.8 Å². The fraction of sp³-hybridized carbons (Fsp3) is 0.480. The van der Waals surface area contributed by atoms with Crippen molar-refractivity contribution in [1.29, 1.82) is 0 Å². The molecule has 0 aliphatic carbocycles. The number of nitrogens with zero attached hydrogens (tertiary/aromatic N) is 3. The lowest BCUT2D eigenvalue weighted by molar-refractivity contribution is 0.0329. The summed E-state index contributed by atoms with van der Waals surface area (Å²) in [6.07, 6.45) is 2.32. The maximum Gasteiger partial charge on any atom is 0.255 e. The van der Waals surface area contributed by atoms with Crippen LogP contribution >= 0.6 is 23.2 Å². The molecule has 0 radical (unpaired) electrons. The molecule has 3 saturated heterocycles. The van der Waals surface area contributed by atoms with Gasteiger partial charge < -0.3 is 14.9 Å². The van der Waals surface area contributed by atoms with E-state index in [1.54, 1.807) is 12.1 Å². The van der Waals surface area contributed by atoms with E-state index in [-0.39, 0.29) is 22.9 Å². The average Bonchev–Trinajstić information content (AvgIpc) is 3.26. The molecule has 1 N–H and O–H groups in total. The molecule has 5 nitrogen and oxygen atoms in total. The van der Waals surface area contributed by atoms with E-state index in [9.17, 15) is 14.3 Å². The minimum Gasteiger partial charge on any atom is -0.391 e. The number of amides is 1. The molecule has 3 unspecified atom stereocenters. The second kappa shape index (κ2) is 9.41. The van der Waals surface area contributed by atoms with Gasteiger partial charge >= 0.3 is 0 Å². The number of piperidine rings is 1. The number of anilines is 1. The number of aliphatic hydroxyl groups excluding tert-OH is 1. The molecule has 3 atom stereocenters. The number of fused-ring (bicyclic) bond motifs is 1. The van der Waals surface area contributed by atoms with Gasteiger partial charge in [0.1, 0.15) is 5.82 Å². The van der Waals surface area contributed by atoms with Crippen molar-refractivity contribution in [1.82, 2.24) is 9.80 Å². The Hall–Kier alpha value is -1.86. The van der Waals surface area contributed by atoms with Crippen molar-refractivity contribution in [2.45, 2.75) is 37.3 Å². The number of rotatable bonds is 3. The number of hydrogen-bond acceptors (Lipinski definition) is 4. The number of benzene rings is 2. The summed E-state index contributed by atoms with van der Waals surface area (Å²) < 4.78 is 13.5. The summed E-state index contributed by atoms with van der Waals surface area (Å²) in [7, 11) is 0. The summed E-state index contributed by atoms with van der Waals surface area (Å²) in [5.41, 5.74) is 2.42. The van der Waals surface area contributed by atoms with Crippen LogP contribution in [0.3, 0.4) is 0 Å². The van der Waals surface area contributed by atoms with Crippen LogP contribution in [-0.4, -0.2) is 72.2 Å². The number of piperazine rings is 1. The van der Waals surface area contributed by atoms with Crippen LogP contribution in [0.1, 0.15) is 41.1 Å². The number of β-amino-alcohol motifs (C(OH)–C–C–N with tert-alkyl or cyclic N) is 1. The Labute approximate surface area is 203 Å². The number of halogens is 3. The number of aliphatic hydroxyl groups is 1. The molecule has 1 amide bonds. The van der Waals surface area contributed by atoms with Gasteiger partial charge in [0.25, 0.3) is 5.91 Å². The Morgan fingerprint density at radius 2 is 1.85 bits per heavy atom. The van der Waals surface area contributed by atoms with Gasteiger partial charge in [0.05, 0.1) is 27.4 Å². The van der Waals surface area contributed by atoms with Gasteiger partial charge in [-0.3, -0.25) is 9.69 Å². The molecule has 0 saturated carbocycles. The van der Waals surface area contributed by atoms with Crippen molar-refractivity contribution < 1.29 is 14.3 Å². The lowest BCUT2D eigenvalue weighted by Crippen LogP contribution is -2.57. The maximum atomic E-state index is 13.5. The van der Waals surface area contributed by atoms with Crippen molar-refractivity contribution in [3.05, 3.63) is 63.4 Å². The molecule has 3 heterocycles. The van der Waals surface area contributed by atoms with E-state index in [2.05, 4.69) is 4.90 Å². The Balaban J connectivity index is 1.26. The van der Waals surface area contributed by atoms with Crippen LogP contribution in [0.2, 0.25) is 10.0 Å². The largest absolute Gasteiger partial charge is 0.391 e. The Morgan fingerprint density at radius 3 is 2.61 bits per heavy atom. The SMILES string of the molecule is O=C(c1cccc(N2CCC(O)C2)c1Cl)N1CCN2CC(c3ccc(F)c(Cl)c3)CCC2C1. The predicted octanol–water partition coefficient (Wildman–Crippen LogP) is 4.41. The van der Waals surface area contributed by atoms with E-state index in [1.165, 1.54) is 6.07 Å². The Morgan fingerprint density at radius 1 is 1.00 bits per heavy atom. The minimum absolute atomic E-state index is 0.0336. The topological polar surface area (TPSA) is 47.0 Å². The van der Waals surface area contributed by atoms with E-state index in [0.717, 1.165) is 43.7 Å². The van der Waals surface area contributed by atoms with Crippen molar-refractivity contribution in [2.75, 3.05) is 44.2 Å². The quantitative estimate of drug-likeness (QED) is 0.690. The highest BCUT2D eigenvalue weighted by Crippen LogP contribution is 2.35. The third-order valence-corrected chi connectivity index (χ3v) is 8.01. The fourth-order valence-corrected chi connectivity index (χ4v) is 5.97. The molecule has 0 bridgehead atoms. The molecule has 2 aromatic rings. The molecule has 8 heteroatoms. The van der Waals surface area contributed by atoms with E-state index in [0.29, 0.717) is 48.6 Å². The van der Waals surface area contributed by atoms with Gasteiger partial charge in [0.15, 0.2) is 0 Å². The standard InChI is InChI=1S/C25H28Cl2FN3O2/c26-21-12-16(5-7-22(21)28)17-4-6-18-14-31(11-10-29(18)13-17)25(33)20-2-1-3-23(24(20)27)30-9-8-19(32)15-30/h1-3,5,7,12,17-19,32H,4,6,8-11,13-15H2. The maximum absolute atomic E-state index is 13.5. The summed E-state index contributed by atoms with van der Waals surface area (Å²) in [6, 6.07) is 10.9. The van der Waals surface area contributed by atoms with E-state index in [4.69, 9.17) is 23.2 Å². The van der Waals surface area contributed by atoms with Crippen molar-refractivity contribution in [3.63, 3.8) is 0 Å². The van der Waals surface area contributed by atoms with Crippen LogP contribution in [0.5, 0.6) is 0 Å². The molecule has 3 aliphatic heterocycles. The summed E-state index contributed by atoms with van der Waals surface area (Å²) >= 11 is 12.7. The van der Waals surface area contributed by atoms with Crippen molar-refractivity contribution in [2.24, 2.45) is 0 Å². The first-order valence-electron chi connectivity index (χ1n) is 11.6. The van der Waals surface area contributed by atoms with E-state index in [1.807, 2.05) is 28.0 Å². The average molecular weight is 492 g/mol. The first kappa shape index (κ1) is 22.9. The summed E-state index contributed by atoms with van der Waals surface area (Å²) in [4.78, 5) is 19.8. The predicted molar refractivity (Wildman–Crippen MR) is 129 cm³/mol. The van der Waals surface area contributed by atoms with Crippen molar-refractivity contribution in [3.8, 4) is 0 Å². The third-order valence-electron chi connectivity index (χ3n) is 7.32. The molecule has 176 valence electrons. The summed E-state index contributed by atoms with van der Waals surface area (Å²) in [6.45, 7) is 4.30. The van der Waals surface area contributed by atoms with Gasteiger partial charge in [0.2, 0.25) is 0 Å². The molecule has 0 spiro atoms. The second-order valence-electron chi connectivity index (χ2n) is 9.37. The van der Waals surface area contributed by atoms with Crippen LogP contribution in [0.4, 0.5) is 10.1 Å². The van der Waals surface area contributed by atoms with Crippen LogP contribution in [0.25, 0.3) is 0 Å². The zero-order valence-corrected chi connectivity index (χ0v) is 19.9. The lowest BCUT2D eigenvalue weighted by atomic mass is 9.86. The van der Waals surface area contributed by atoms with Crippen LogP contribution in [0.15, 0.2) is 36.4 Å². The molecular formula is C25H28Cl2FN3O2. The zero-order chi connectivity index (χ0) is 23.1. The van der Waals surface area contributed by atoms with Crippen LogP contribution < -0.4 is 4.90 Å². The van der Waals surface area contributed by atoms with Gasteiger partial charge in [-0.1, -0.05) is 35.3 Å². The normalized spacial score (nSPS) is 25.9. The van der Waals surface area contributed by atoms with Gasteiger partial charge in [-0.2, -0.15) is 0 Å². The first-order chi connectivity index (χ1) is 15.9. The van der Waals surface area contributed by atoms with E-state index >= 15 is 0 Å². The molecular weight excluding hydrogens is 464 g/mol. The highest BCUT2D eigenvalue weighted by atomic mass is 35.5. The number of carbonyl (C=O) groups excluding carboxylic acids is 1. The minimum atomic E-state index is -0.384. The Kier molecular flexibility index (Phi) is 6.54. The second-order valence-corrected chi connectivity index (χ2v) is 10.2. The van der Waals surface area contributed by atoms with Gasteiger partial charge in [0, 0.05) is 45.3 Å².